The molecule has 0 atom stereocenters. The number of fused-ring (bicyclic) bond motifs is 1. The Bertz CT molecular complexity index is 1770. The van der Waals surface area contributed by atoms with Crippen LogP contribution in [0.25, 0.3) is 39.2 Å². The SMILES string of the molecule is [2H]c1cc(C2([2H])CCC(C)(C)CC2)cc([2H])c1-c1cc(C(C)C)c(-n2c(-c3ccccc3)nc3ccccc32)c(C(C)C)c1. The van der Waals surface area contributed by atoms with Gasteiger partial charge < -0.3 is 0 Å². The Morgan fingerprint density at radius 2 is 1.37 bits per heavy atom. The van der Waals surface area contributed by atoms with Crippen molar-refractivity contribution in [3.8, 4) is 28.2 Å². The molecule has 0 amide bonds. The maximum Gasteiger partial charge on any atom is 0.145 e. The molecule has 6 rings (SSSR count). The van der Waals surface area contributed by atoms with Crippen LogP contribution in [0.1, 0.15) is 106 Å². The minimum Gasteiger partial charge on any atom is -0.292 e. The molecule has 4 aromatic carbocycles. The van der Waals surface area contributed by atoms with Crippen molar-refractivity contribution in [1.29, 1.82) is 0 Å². The van der Waals surface area contributed by atoms with Gasteiger partial charge in [-0.25, -0.2) is 4.98 Å². The predicted molar refractivity (Wildman–Crippen MR) is 175 cm³/mol. The van der Waals surface area contributed by atoms with Crippen LogP contribution in [-0.2, 0) is 0 Å². The van der Waals surface area contributed by atoms with Crippen molar-refractivity contribution in [2.45, 2.75) is 85.0 Å². The molecule has 5 aromatic rings. The van der Waals surface area contributed by atoms with Crippen LogP contribution in [-0.4, -0.2) is 9.55 Å². The molecule has 0 saturated heterocycles. The summed E-state index contributed by atoms with van der Waals surface area (Å²) in [6.45, 7) is 13.4. The molecular weight excluding hydrogens is 496 g/mol. The highest BCUT2D eigenvalue weighted by molar-refractivity contribution is 5.85. The molecule has 2 nitrogen and oxygen atoms in total. The normalized spacial score (nSPS) is 17.5. The Balaban J connectivity index is 1.56. The molecule has 0 N–H and O–H groups in total. The van der Waals surface area contributed by atoms with Crippen LogP contribution in [0.2, 0.25) is 0 Å². The molecule has 0 radical (unpaired) electrons. The van der Waals surface area contributed by atoms with E-state index >= 15 is 0 Å². The summed E-state index contributed by atoms with van der Waals surface area (Å²) in [4.78, 5) is 5.12. The van der Waals surface area contributed by atoms with Gasteiger partial charge in [0.2, 0.25) is 0 Å². The molecule has 1 heterocycles. The van der Waals surface area contributed by atoms with Crippen LogP contribution >= 0.6 is 0 Å². The van der Waals surface area contributed by atoms with Gasteiger partial charge >= 0.3 is 0 Å². The molecule has 0 unspecified atom stereocenters. The van der Waals surface area contributed by atoms with E-state index in [-0.39, 0.29) is 17.3 Å². The lowest BCUT2D eigenvalue weighted by Crippen LogP contribution is -2.20. The molecule has 1 aromatic heterocycles. The maximum atomic E-state index is 9.28. The van der Waals surface area contributed by atoms with Crippen molar-refractivity contribution in [1.82, 2.24) is 9.55 Å². The lowest BCUT2D eigenvalue weighted by molar-refractivity contribution is 0.224. The highest BCUT2D eigenvalue weighted by Gasteiger charge is 2.28. The van der Waals surface area contributed by atoms with E-state index in [2.05, 4.69) is 101 Å². The second-order valence-corrected chi connectivity index (χ2v) is 13.1. The Kier molecular flexibility index (Phi) is 6.42. The number of nitrogens with zero attached hydrogens (tertiary/aromatic N) is 2. The number of imidazole rings is 1. The van der Waals surface area contributed by atoms with E-state index in [0.717, 1.165) is 64.9 Å². The number of hydrogen-bond acceptors (Lipinski definition) is 1. The molecule has 0 spiro atoms. The van der Waals surface area contributed by atoms with Gasteiger partial charge in [-0.15, -0.1) is 0 Å². The van der Waals surface area contributed by atoms with E-state index in [9.17, 15) is 1.37 Å². The van der Waals surface area contributed by atoms with Crippen LogP contribution in [0.5, 0.6) is 0 Å². The van der Waals surface area contributed by atoms with Crippen molar-refractivity contribution in [3.63, 3.8) is 0 Å². The predicted octanol–water partition coefficient (Wildman–Crippen LogP) is 11.3. The fourth-order valence-corrected chi connectivity index (χ4v) is 6.27. The first-order valence-electron chi connectivity index (χ1n) is 16.7. The van der Waals surface area contributed by atoms with Gasteiger partial charge in [0.05, 0.1) is 19.5 Å². The molecule has 210 valence electrons. The van der Waals surface area contributed by atoms with E-state index in [1.165, 1.54) is 11.1 Å². The molecule has 2 heteroatoms. The second-order valence-electron chi connectivity index (χ2n) is 13.1. The van der Waals surface area contributed by atoms with Crippen LogP contribution < -0.4 is 0 Å². The summed E-state index contributed by atoms with van der Waals surface area (Å²) < 4.78 is 29.9. The quantitative estimate of drug-likeness (QED) is 0.208. The third-order valence-corrected chi connectivity index (χ3v) is 8.88. The van der Waals surface area contributed by atoms with Crippen molar-refractivity contribution in [2.75, 3.05) is 0 Å². The van der Waals surface area contributed by atoms with Crippen LogP contribution in [0.4, 0.5) is 0 Å². The Labute approximate surface area is 250 Å². The monoisotopic (exact) mass is 543 g/mol. The Hall–Kier alpha value is -3.65. The summed E-state index contributed by atoms with van der Waals surface area (Å²) in [7, 11) is 0. The first-order chi connectivity index (χ1) is 20.9. The van der Waals surface area contributed by atoms with Gasteiger partial charge in [0.25, 0.3) is 0 Å². The summed E-state index contributed by atoms with van der Waals surface area (Å²) in [5.74, 6) is 0.562. The molecular formula is C39H44N2. The largest absolute Gasteiger partial charge is 0.292 e. The van der Waals surface area contributed by atoms with Gasteiger partial charge in [0.15, 0.2) is 0 Å². The van der Waals surface area contributed by atoms with E-state index in [4.69, 9.17) is 7.73 Å². The lowest BCUT2D eigenvalue weighted by atomic mass is 9.71. The average Bonchev–Trinajstić information content (AvgIpc) is 3.38. The van der Waals surface area contributed by atoms with Crippen molar-refractivity contribution in [3.05, 3.63) is 108 Å². The van der Waals surface area contributed by atoms with Gasteiger partial charge in [0.1, 0.15) is 5.82 Å². The van der Waals surface area contributed by atoms with Crippen LogP contribution in [0.15, 0.2) is 90.9 Å². The fraction of sp³-hybridized carbons (Fsp3) is 0.359. The summed E-state index contributed by atoms with van der Waals surface area (Å²) in [5.41, 5.74) is 9.15. The molecule has 1 aliphatic carbocycles. The first-order valence-corrected chi connectivity index (χ1v) is 15.2. The highest BCUT2D eigenvalue weighted by Crippen LogP contribution is 2.43. The van der Waals surface area contributed by atoms with E-state index in [1.807, 2.05) is 24.3 Å². The smallest absolute Gasteiger partial charge is 0.145 e. The minimum absolute atomic E-state index is 0.192. The van der Waals surface area contributed by atoms with Crippen LogP contribution in [0, 0.1) is 5.41 Å². The topological polar surface area (TPSA) is 17.8 Å². The molecule has 41 heavy (non-hydrogen) atoms. The maximum absolute atomic E-state index is 9.28. The number of benzene rings is 4. The minimum atomic E-state index is -0.730. The van der Waals surface area contributed by atoms with Gasteiger partial charge in [-0.3, -0.25) is 4.57 Å². The molecule has 0 aliphatic heterocycles. The summed E-state index contributed by atoms with van der Waals surface area (Å²) in [5, 5.41) is 0. The average molecular weight is 544 g/mol. The fourth-order valence-electron chi connectivity index (χ4n) is 6.27. The van der Waals surface area contributed by atoms with Gasteiger partial charge in [-0.1, -0.05) is 108 Å². The zero-order valence-corrected chi connectivity index (χ0v) is 25.4. The number of hydrogen-bond donors (Lipinski definition) is 0. The zero-order valence-electron chi connectivity index (χ0n) is 28.4. The van der Waals surface area contributed by atoms with Crippen molar-refractivity contribution in [2.24, 2.45) is 5.41 Å². The van der Waals surface area contributed by atoms with E-state index in [0.29, 0.717) is 17.6 Å². The standard InChI is InChI=1S/C39H44N2/c1-26(2)33-24-32(29-18-16-28(17-19-29)30-20-22-39(5,6)23-21-30)25-34(27(3)4)37(33)41-36-15-11-10-14-35(36)40-38(41)31-12-8-7-9-13-31/h7-19,24-27,30H,20-23H2,1-6H3/i18D,19D,30D. The third-order valence-electron chi connectivity index (χ3n) is 8.88. The summed E-state index contributed by atoms with van der Waals surface area (Å²) in [6.07, 6.45) is 3.52. The highest BCUT2D eigenvalue weighted by atomic mass is 15.1. The molecule has 0 bridgehead atoms. The zero-order chi connectivity index (χ0) is 31.4. The second kappa shape index (κ2) is 11.0. The number of aromatic nitrogens is 2. The lowest BCUT2D eigenvalue weighted by Gasteiger charge is -2.34. The van der Waals surface area contributed by atoms with Gasteiger partial charge in [0, 0.05) is 6.93 Å². The molecule has 1 saturated carbocycles. The van der Waals surface area contributed by atoms with Gasteiger partial charge in [-0.2, -0.15) is 0 Å². The summed E-state index contributed by atoms with van der Waals surface area (Å²) >= 11 is 0. The Morgan fingerprint density at radius 1 is 0.780 bits per heavy atom. The van der Waals surface area contributed by atoms with Gasteiger partial charge in [-0.05, 0) is 101 Å². The van der Waals surface area contributed by atoms with Crippen molar-refractivity contribution >= 4 is 11.0 Å². The van der Waals surface area contributed by atoms with Crippen molar-refractivity contribution < 1.29 is 4.11 Å². The number of rotatable bonds is 6. The third kappa shape index (κ3) is 5.37. The van der Waals surface area contributed by atoms with E-state index < -0.39 is 5.89 Å². The Morgan fingerprint density at radius 3 is 1.98 bits per heavy atom. The van der Waals surface area contributed by atoms with Crippen LogP contribution in [0.3, 0.4) is 0 Å². The molecule has 1 aliphatic rings. The number of para-hydroxylation sites is 2. The molecule has 1 fully saturated rings. The van der Waals surface area contributed by atoms with E-state index in [1.54, 1.807) is 0 Å². The first kappa shape index (κ1) is 24.0. The summed E-state index contributed by atoms with van der Waals surface area (Å²) in [6, 6.07) is 27.5.